The molecule has 0 radical (unpaired) electrons. The van der Waals surface area contributed by atoms with Gasteiger partial charge in [0.1, 0.15) is 0 Å². The molecule has 17 heavy (non-hydrogen) atoms. The van der Waals surface area contributed by atoms with E-state index in [1.54, 1.807) is 0 Å². The smallest absolute Gasteiger partial charge is 0.0241 e. The van der Waals surface area contributed by atoms with Gasteiger partial charge in [-0.1, -0.05) is 12.8 Å². The van der Waals surface area contributed by atoms with Crippen LogP contribution in [0.1, 0.15) is 58.8 Å². The molecule has 0 amide bonds. The fourth-order valence-corrected chi connectivity index (χ4v) is 4.48. The van der Waals surface area contributed by atoms with Crippen molar-refractivity contribution in [2.45, 2.75) is 76.4 Å². The van der Waals surface area contributed by atoms with Crippen molar-refractivity contribution in [1.82, 2.24) is 10.2 Å². The van der Waals surface area contributed by atoms with Crippen molar-refractivity contribution in [1.29, 1.82) is 0 Å². The molecule has 0 bridgehead atoms. The highest BCUT2D eigenvalue weighted by atomic mass is 15.2. The number of nitrogens with one attached hydrogen (secondary N) is 1. The molecule has 98 valence electrons. The van der Waals surface area contributed by atoms with E-state index in [4.69, 9.17) is 0 Å². The van der Waals surface area contributed by atoms with Crippen LogP contribution in [0.25, 0.3) is 0 Å². The molecule has 0 aromatic heterocycles. The summed E-state index contributed by atoms with van der Waals surface area (Å²) < 4.78 is 0. The zero-order valence-electron chi connectivity index (χ0n) is 11.5. The van der Waals surface area contributed by atoms with Gasteiger partial charge in [0.05, 0.1) is 0 Å². The number of nitrogens with zero attached hydrogens (tertiary/aromatic N) is 1. The van der Waals surface area contributed by atoms with Crippen molar-refractivity contribution in [2.24, 2.45) is 5.92 Å². The van der Waals surface area contributed by atoms with Gasteiger partial charge in [-0.15, -0.1) is 0 Å². The molecule has 3 rings (SSSR count). The summed E-state index contributed by atoms with van der Waals surface area (Å²) in [7, 11) is 0. The van der Waals surface area contributed by atoms with Crippen molar-refractivity contribution >= 4 is 0 Å². The van der Waals surface area contributed by atoms with E-state index in [0.717, 1.165) is 18.0 Å². The standard InChI is InChI=1S/C15H28N2/c1-15(2)10-13(11-16-15)17-9-5-7-12-6-3-4-8-14(12)17/h12-14,16H,3-11H2,1-2H3. The first-order valence-electron chi connectivity index (χ1n) is 7.66. The van der Waals surface area contributed by atoms with E-state index >= 15 is 0 Å². The van der Waals surface area contributed by atoms with Gasteiger partial charge >= 0.3 is 0 Å². The molecule has 3 aliphatic rings. The molecule has 2 heterocycles. The Morgan fingerprint density at radius 2 is 1.82 bits per heavy atom. The van der Waals surface area contributed by atoms with E-state index in [0.29, 0.717) is 5.54 Å². The van der Waals surface area contributed by atoms with Gasteiger partial charge in [0.25, 0.3) is 0 Å². The Labute approximate surface area is 106 Å². The highest BCUT2D eigenvalue weighted by Gasteiger charge is 2.40. The molecule has 2 nitrogen and oxygen atoms in total. The Morgan fingerprint density at radius 3 is 2.59 bits per heavy atom. The van der Waals surface area contributed by atoms with Crippen molar-refractivity contribution in [3.63, 3.8) is 0 Å². The summed E-state index contributed by atoms with van der Waals surface area (Å²) in [6.45, 7) is 7.30. The summed E-state index contributed by atoms with van der Waals surface area (Å²) in [5.74, 6) is 1.03. The molecule has 0 aromatic carbocycles. The number of hydrogen-bond donors (Lipinski definition) is 1. The van der Waals surface area contributed by atoms with Crippen LogP contribution in [0.3, 0.4) is 0 Å². The zero-order chi connectivity index (χ0) is 11.9. The molecule has 3 fully saturated rings. The second kappa shape index (κ2) is 4.55. The first-order valence-corrected chi connectivity index (χ1v) is 7.66. The molecule has 0 spiro atoms. The summed E-state index contributed by atoms with van der Waals surface area (Å²) in [5, 5.41) is 3.70. The second-order valence-electron chi connectivity index (χ2n) is 7.11. The van der Waals surface area contributed by atoms with Crippen molar-refractivity contribution in [3.05, 3.63) is 0 Å². The minimum absolute atomic E-state index is 0.367. The average Bonchev–Trinajstić information content (AvgIpc) is 2.69. The summed E-state index contributed by atoms with van der Waals surface area (Å²) in [4.78, 5) is 2.88. The summed E-state index contributed by atoms with van der Waals surface area (Å²) in [6.07, 6.45) is 10.2. The van der Waals surface area contributed by atoms with Crippen LogP contribution in [0.15, 0.2) is 0 Å². The molecule has 1 aliphatic carbocycles. The molecule has 1 N–H and O–H groups in total. The second-order valence-corrected chi connectivity index (χ2v) is 7.11. The molecule has 0 aromatic rings. The molecular formula is C15H28N2. The quantitative estimate of drug-likeness (QED) is 0.753. The number of piperidine rings is 1. The third-order valence-corrected chi connectivity index (χ3v) is 5.32. The highest BCUT2D eigenvalue weighted by molar-refractivity contribution is 4.98. The van der Waals surface area contributed by atoms with Crippen LogP contribution in [0.5, 0.6) is 0 Å². The van der Waals surface area contributed by atoms with E-state index in [1.165, 1.54) is 58.0 Å². The van der Waals surface area contributed by atoms with Crippen LogP contribution >= 0.6 is 0 Å². The van der Waals surface area contributed by atoms with Crippen LogP contribution < -0.4 is 5.32 Å². The van der Waals surface area contributed by atoms with Gasteiger partial charge < -0.3 is 5.32 Å². The third-order valence-electron chi connectivity index (χ3n) is 5.32. The number of fused-ring (bicyclic) bond motifs is 1. The van der Waals surface area contributed by atoms with E-state index in [1.807, 2.05) is 0 Å². The number of hydrogen-bond acceptors (Lipinski definition) is 2. The first kappa shape index (κ1) is 12.0. The van der Waals surface area contributed by atoms with E-state index < -0.39 is 0 Å². The predicted octanol–water partition coefficient (Wildman–Crippen LogP) is 2.78. The van der Waals surface area contributed by atoms with Gasteiger partial charge in [-0.2, -0.15) is 0 Å². The molecule has 2 heteroatoms. The SMILES string of the molecule is CC1(C)CC(N2CCCC3CCCCC32)CN1. The monoisotopic (exact) mass is 236 g/mol. The predicted molar refractivity (Wildman–Crippen MR) is 72.2 cm³/mol. The van der Waals surface area contributed by atoms with Crippen molar-refractivity contribution in [2.75, 3.05) is 13.1 Å². The topological polar surface area (TPSA) is 15.3 Å². The highest BCUT2D eigenvalue weighted by Crippen LogP contribution is 2.38. The maximum atomic E-state index is 3.70. The lowest BCUT2D eigenvalue weighted by Crippen LogP contribution is -2.52. The maximum Gasteiger partial charge on any atom is 0.0241 e. The average molecular weight is 236 g/mol. The van der Waals surface area contributed by atoms with Gasteiger partial charge in [-0.3, -0.25) is 4.90 Å². The van der Waals surface area contributed by atoms with Gasteiger partial charge in [-0.25, -0.2) is 0 Å². The third kappa shape index (κ3) is 2.39. The van der Waals surface area contributed by atoms with Crippen molar-refractivity contribution < 1.29 is 0 Å². The molecule has 3 atom stereocenters. The van der Waals surface area contributed by atoms with Gasteiger partial charge in [0.2, 0.25) is 0 Å². The van der Waals surface area contributed by atoms with Crippen molar-refractivity contribution in [3.8, 4) is 0 Å². The fourth-order valence-electron chi connectivity index (χ4n) is 4.48. The maximum absolute atomic E-state index is 3.70. The Hall–Kier alpha value is -0.0800. The molecular weight excluding hydrogens is 208 g/mol. The lowest BCUT2D eigenvalue weighted by molar-refractivity contribution is 0.0301. The lowest BCUT2D eigenvalue weighted by Gasteiger charge is -2.47. The molecule has 2 aliphatic heterocycles. The first-order chi connectivity index (χ1) is 8.16. The minimum Gasteiger partial charge on any atom is -0.310 e. The summed E-state index contributed by atoms with van der Waals surface area (Å²) >= 11 is 0. The minimum atomic E-state index is 0.367. The van der Waals surface area contributed by atoms with Crippen LogP contribution in [0, 0.1) is 5.92 Å². The molecule has 1 saturated carbocycles. The van der Waals surface area contributed by atoms with Crippen LogP contribution in [0.4, 0.5) is 0 Å². The van der Waals surface area contributed by atoms with Gasteiger partial charge in [0, 0.05) is 24.2 Å². The zero-order valence-corrected chi connectivity index (χ0v) is 11.5. The van der Waals surface area contributed by atoms with Crippen LogP contribution in [-0.4, -0.2) is 35.6 Å². The largest absolute Gasteiger partial charge is 0.310 e. The summed E-state index contributed by atoms with van der Waals surface area (Å²) in [5.41, 5.74) is 0.367. The van der Waals surface area contributed by atoms with E-state index in [-0.39, 0.29) is 0 Å². The van der Waals surface area contributed by atoms with Crippen LogP contribution in [-0.2, 0) is 0 Å². The Morgan fingerprint density at radius 1 is 1.06 bits per heavy atom. The van der Waals surface area contributed by atoms with Crippen LogP contribution in [0.2, 0.25) is 0 Å². The molecule has 3 unspecified atom stereocenters. The number of rotatable bonds is 1. The van der Waals surface area contributed by atoms with E-state index in [9.17, 15) is 0 Å². The fraction of sp³-hybridized carbons (Fsp3) is 1.00. The lowest BCUT2D eigenvalue weighted by atomic mass is 9.77. The van der Waals surface area contributed by atoms with Gasteiger partial charge in [-0.05, 0) is 58.4 Å². The molecule has 2 saturated heterocycles. The number of likely N-dealkylation sites (tertiary alicyclic amines) is 1. The van der Waals surface area contributed by atoms with Gasteiger partial charge in [0.15, 0.2) is 0 Å². The van der Waals surface area contributed by atoms with E-state index in [2.05, 4.69) is 24.1 Å². The summed E-state index contributed by atoms with van der Waals surface area (Å²) in [6, 6.07) is 1.74. The Balaban J connectivity index is 1.69. The Bertz CT molecular complexity index is 272. The Kier molecular flexibility index (Phi) is 3.20. The normalized spacial score (nSPS) is 42.4.